The molecule has 1 fully saturated rings. The molecule has 0 amide bonds. The van der Waals surface area contributed by atoms with Crippen molar-refractivity contribution in [1.29, 1.82) is 0 Å². The highest BCUT2D eigenvalue weighted by Crippen LogP contribution is 2.26. The molecular formula is C13H19BrN2O3S. The summed E-state index contributed by atoms with van der Waals surface area (Å²) < 4.78 is 32.5. The van der Waals surface area contributed by atoms with Crippen LogP contribution in [0.4, 0.5) is 5.69 Å². The molecule has 0 bridgehead atoms. The van der Waals surface area contributed by atoms with Crippen molar-refractivity contribution >= 4 is 31.6 Å². The third-order valence-corrected chi connectivity index (χ3v) is 5.91. The summed E-state index contributed by atoms with van der Waals surface area (Å²) in [6.45, 7) is 1.92. The highest BCUT2D eigenvalue weighted by Gasteiger charge is 2.26. The largest absolute Gasteiger partial charge is 0.398 e. The van der Waals surface area contributed by atoms with Crippen molar-refractivity contribution in [3.8, 4) is 0 Å². The molecule has 1 heterocycles. The maximum Gasteiger partial charge on any atom is 0.244 e. The molecule has 112 valence electrons. The zero-order chi connectivity index (χ0) is 14.8. The summed E-state index contributed by atoms with van der Waals surface area (Å²) in [7, 11) is -1.94. The van der Waals surface area contributed by atoms with Gasteiger partial charge in [0.25, 0.3) is 0 Å². The molecule has 1 aromatic carbocycles. The highest BCUT2D eigenvalue weighted by molar-refractivity contribution is 9.10. The van der Waals surface area contributed by atoms with Gasteiger partial charge in [0.05, 0.1) is 5.69 Å². The van der Waals surface area contributed by atoms with Gasteiger partial charge >= 0.3 is 0 Å². The summed E-state index contributed by atoms with van der Waals surface area (Å²) in [5, 5.41) is 0. The predicted octanol–water partition coefficient (Wildman–Crippen LogP) is 2.08. The fourth-order valence-electron chi connectivity index (χ4n) is 2.31. The second-order valence-corrected chi connectivity index (χ2v) is 7.95. The molecule has 0 saturated carbocycles. The number of rotatable bonds is 4. The van der Waals surface area contributed by atoms with Crippen molar-refractivity contribution in [3.05, 3.63) is 22.7 Å². The van der Waals surface area contributed by atoms with E-state index < -0.39 is 10.0 Å². The van der Waals surface area contributed by atoms with Gasteiger partial charge in [-0.05, 0) is 37.0 Å². The summed E-state index contributed by atoms with van der Waals surface area (Å²) in [5.74, 6) is 0.347. The van der Waals surface area contributed by atoms with Gasteiger partial charge in [0.1, 0.15) is 4.90 Å². The van der Waals surface area contributed by atoms with Crippen LogP contribution in [0.2, 0.25) is 0 Å². The van der Waals surface area contributed by atoms with Gasteiger partial charge in [-0.2, -0.15) is 0 Å². The smallest absolute Gasteiger partial charge is 0.244 e. The van der Waals surface area contributed by atoms with Crippen LogP contribution in [0, 0.1) is 5.92 Å². The van der Waals surface area contributed by atoms with Gasteiger partial charge in [0.15, 0.2) is 0 Å². The normalized spacial score (nSPS) is 17.6. The number of benzene rings is 1. The Balaban J connectivity index is 2.16. The molecule has 0 spiro atoms. The van der Waals surface area contributed by atoms with Crippen LogP contribution in [0.15, 0.2) is 27.6 Å². The van der Waals surface area contributed by atoms with Gasteiger partial charge in [-0.25, -0.2) is 12.7 Å². The average Bonchev–Trinajstić information content (AvgIpc) is 2.39. The first-order chi connectivity index (χ1) is 9.41. The lowest BCUT2D eigenvalue weighted by Crippen LogP contribution is -2.34. The van der Waals surface area contributed by atoms with Crippen LogP contribution in [-0.2, 0) is 14.8 Å². The fraction of sp³-hybridized carbons (Fsp3) is 0.538. The zero-order valence-electron chi connectivity index (χ0n) is 11.4. The van der Waals surface area contributed by atoms with Crippen LogP contribution in [0.3, 0.4) is 0 Å². The van der Waals surface area contributed by atoms with Gasteiger partial charge in [-0.15, -0.1) is 0 Å². The summed E-state index contributed by atoms with van der Waals surface area (Å²) in [6.07, 6.45) is 1.80. The lowest BCUT2D eigenvalue weighted by atomic mass is 10.0. The Kier molecular flexibility index (Phi) is 5.06. The van der Waals surface area contributed by atoms with Crippen molar-refractivity contribution < 1.29 is 13.2 Å². The Bertz CT molecular complexity index is 571. The minimum Gasteiger partial charge on any atom is -0.398 e. The first kappa shape index (κ1) is 15.8. The molecule has 2 rings (SSSR count). The lowest BCUT2D eigenvalue weighted by Gasteiger charge is -2.27. The molecule has 0 atom stereocenters. The first-order valence-corrected chi connectivity index (χ1v) is 8.73. The Labute approximate surface area is 128 Å². The quantitative estimate of drug-likeness (QED) is 0.832. The standard InChI is InChI=1S/C13H19BrN2O3S/c1-16(9-10-4-6-19-7-5-10)20(17,18)13-3-2-11(14)8-12(13)15/h2-3,8,10H,4-7,9,15H2,1H3. The molecule has 20 heavy (non-hydrogen) atoms. The van der Waals surface area contributed by atoms with Crippen molar-refractivity contribution in [3.63, 3.8) is 0 Å². The Morgan fingerprint density at radius 1 is 1.40 bits per heavy atom. The molecule has 1 aliphatic heterocycles. The number of halogens is 1. The molecule has 1 aliphatic rings. The summed E-state index contributed by atoms with van der Waals surface area (Å²) in [5.41, 5.74) is 6.08. The molecule has 7 heteroatoms. The fourth-order valence-corrected chi connectivity index (χ4v) is 4.03. The molecule has 5 nitrogen and oxygen atoms in total. The number of anilines is 1. The van der Waals surface area contributed by atoms with Crippen LogP contribution in [-0.4, -0.2) is 39.5 Å². The molecule has 2 N–H and O–H groups in total. The van der Waals surface area contributed by atoms with E-state index in [4.69, 9.17) is 10.5 Å². The lowest BCUT2D eigenvalue weighted by molar-refractivity contribution is 0.0620. The average molecular weight is 363 g/mol. The molecule has 1 saturated heterocycles. The number of ether oxygens (including phenoxy) is 1. The van der Waals surface area contributed by atoms with Crippen LogP contribution in [0.5, 0.6) is 0 Å². The van der Waals surface area contributed by atoms with Gasteiger partial charge in [0, 0.05) is 31.3 Å². The van der Waals surface area contributed by atoms with E-state index >= 15 is 0 Å². The van der Waals surface area contributed by atoms with Gasteiger partial charge < -0.3 is 10.5 Å². The summed E-state index contributed by atoms with van der Waals surface area (Å²) in [6, 6.07) is 4.83. The highest BCUT2D eigenvalue weighted by atomic mass is 79.9. The third-order valence-electron chi connectivity index (χ3n) is 3.52. The second-order valence-electron chi connectivity index (χ2n) is 5.02. The van der Waals surface area contributed by atoms with E-state index in [1.807, 2.05) is 0 Å². The van der Waals surface area contributed by atoms with Gasteiger partial charge in [0.2, 0.25) is 10.0 Å². The van der Waals surface area contributed by atoms with E-state index in [-0.39, 0.29) is 10.6 Å². The van der Waals surface area contributed by atoms with Crippen molar-refractivity contribution in [2.24, 2.45) is 5.92 Å². The second kappa shape index (κ2) is 6.43. The molecular weight excluding hydrogens is 344 g/mol. The summed E-state index contributed by atoms with van der Waals surface area (Å²) >= 11 is 3.28. The Hall–Kier alpha value is -0.630. The number of sulfonamides is 1. The Morgan fingerprint density at radius 2 is 2.05 bits per heavy atom. The number of hydrogen-bond donors (Lipinski definition) is 1. The first-order valence-electron chi connectivity index (χ1n) is 6.50. The van der Waals surface area contributed by atoms with Crippen LogP contribution >= 0.6 is 15.9 Å². The number of nitrogens with two attached hydrogens (primary N) is 1. The van der Waals surface area contributed by atoms with E-state index in [0.29, 0.717) is 25.7 Å². The van der Waals surface area contributed by atoms with Crippen LogP contribution in [0.25, 0.3) is 0 Å². The van der Waals surface area contributed by atoms with Crippen LogP contribution in [0.1, 0.15) is 12.8 Å². The topological polar surface area (TPSA) is 72.6 Å². The predicted molar refractivity (Wildman–Crippen MR) is 81.9 cm³/mol. The third kappa shape index (κ3) is 3.52. The van der Waals surface area contributed by atoms with E-state index in [2.05, 4.69) is 15.9 Å². The maximum atomic E-state index is 12.5. The maximum absolute atomic E-state index is 12.5. The van der Waals surface area contributed by atoms with Crippen molar-refractivity contribution in [2.75, 3.05) is 32.5 Å². The van der Waals surface area contributed by atoms with Crippen molar-refractivity contribution in [2.45, 2.75) is 17.7 Å². The molecule has 1 aromatic rings. The summed E-state index contributed by atoms with van der Waals surface area (Å²) in [4.78, 5) is 0.162. The number of nitrogen functional groups attached to an aromatic ring is 1. The van der Waals surface area contributed by atoms with Crippen molar-refractivity contribution in [1.82, 2.24) is 4.31 Å². The molecule has 0 aliphatic carbocycles. The van der Waals surface area contributed by atoms with Crippen LogP contribution < -0.4 is 5.73 Å². The molecule has 0 radical (unpaired) electrons. The van der Waals surface area contributed by atoms with E-state index in [9.17, 15) is 8.42 Å². The van der Waals surface area contributed by atoms with E-state index in [1.165, 1.54) is 10.4 Å². The van der Waals surface area contributed by atoms with E-state index in [1.54, 1.807) is 19.2 Å². The zero-order valence-corrected chi connectivity index (χ0v) is 13.8. The minimum atomic E-state index is -3.54. The minimum absolute atomic E-state index is 0.162. The SMILES string of the molecule is CN(CC1CCOCC1)S(=O)(=O)c1ccc(Br)cc1N. The number of hydrogen-bond acceptors (Lipinski definition) is 4. The molecule has 0 unspecified atom stereocenters. The van der Waals surface area contributed by atoms with E-state index in [0.717, 1.165) is 17.3 Å². The number of nitrogens with zero attached hydrogens (tertiary/aromatic N) is 1. The monoisotopic (exact) mass is 362 g/mol. The Morgan fingerprint density at radius 3 is 2.65 bits per heavy atom. The van der Waals surface area contributed by atoms with Gasteiger partial charge in [-0.1, -0.05) is 15.9 Å². The molecule has 0 aromatic heterocycles. The van der Waals surface area contributed by atoms with Gasteiger partial charge in [-0.3, -0.25) is 0 Å².